The molecular weight excluding hydrogens is 424 g/mol. The highest BCUT2D eigenvalue weighted by molar-refractivity contribution is 7.99. The summed E-state index contributed by atoms with van der Waals surface area (Å²) in [6, 6.07) is 19.2. The van der Waals surface area contributed by atoms with Crippen molar-refractivity contribution in [3.63, 3.8) is 0 Å². The van der Waals surface area contributed by atoms with Gasteiger partial charge in [-0.25, -0.2) is 4.79 Å². The number of H-pyrrole nitrogens is 1. The van der Waals surface area contributed by atoms with Crippen LogP contribution >= 0.6 is 11.8 Å². The van der Waals surface area contributed by atoms with Gasteiger partial charge < -0.3 is 10.6 Å². The number of benzene rings is 2. The predicted molar refractivity (Wildman–Crippen MR) is 130 cm³/mol. The Bertz CT molecular complexity index is 1140. The number of carbonyl (C=O) groups excluding carboxylic acids is 1. The van der Waals surface area contributed by atoms with E-state index in [0.29, 0.717) is 18.7 Å². The van der Waals surface area contributed by atoms with E-state index in [1.165, 1.54) is 9.47 Å². The highest BCUT2D eigenvalue weighted by atomic mass is 32.2. The summed E-state index contributed by atoms with van der Waals surface area (Å²) < 4.78 is 1.30. The Morgan fingerprint density at radius 1 is 1.06 bits per heavy atom. The molecular formula is C24H28N4O3S. The van der Waals surface area contributed by atoms with Gasteiger partial charge in [0.15, 0.2) is 5.69 Å². The van der Waals surface area contributed by atoms with Crippen LogP contribution in [0.15, 0.2) is 75.1 Å². The summed E-state index contributed by atoms with van der Waals surface area (Å²) in [5, 5.41) is 0. The molecule has 8 heteroatoms. The zero-order chi connectivity index (χ0) is 22.9. The van der Waals surface area contributed by atoms with Crippen molar-refractivity contribution in [3.05, 3.63) is 87.1 Å². The summed E-state index contributed by atoms with van der Waals surface area (Å²) >= 11 is 1.58. The number of thioether (sulfide) groups is 1. The fourth-order valence-electron chi connectivity index (χ4n) is 3.35. The highest BCUT2D eigenvalue weighted by Gasteiger charge is 2.23. The maximum Gasteiger partial charge on any atom is 0.330 e. The minimum atomic E-state index is -0.642. The normalized spacial score (nSPS) is 10.8. The maximum atomic E-state index is 13.1. The Kier molecular flexibility index (Phi) is 8.33. The second-order valence-electron chi connectivity index (χ2n) is 7.38. The Hall–Kier alpha value is -3.26. The first kappa shape index (κ1) is 23.4. The Labute approximate surface area is 191 Å². The van der Waals surface area contributed by atoms with Crippen LogP contribution < -0.4 is 21.9 Å². The highest BCUT2D eigenvalue weighted by Crippen LogP contribution is 2.22. The van der Waals surface area contributed by atoms with Gasteiger partial charge >= 0.3 is 5.69 Å². The Morgan fingerprint density at radius 2 is 1.72 bits per heavy atom. The standard InChI is InChI=1S/C24H28N4O3S/c1-2-3-15-27(20(29)14-16-32-19-12-8-5-9-13-19)21-22(25)28(24(31)26-23(21)30)17-18-10-6-4-7-11-18/h4-13H,2-3,14-17,25H2,1H3,(H,26,30,31). The van der Waals surface area contributed by atoms with Gasteiger partial charge in [0.05, 0.1) is 6.54 Å². The van der Waals surface area contributed by atoms with Gasteiger partial charge in [-0.2, -0.15) is 0 Å². The average Bonchev–Trinajstić information content (AvgIpc) is 2.80. The van der Waals surface area contributed by atoms with Crippen molar-refractivity contribution in [2.45, 2.75) is 37.6 Å². The largest absolute Gasteiger partial charge is 0.383 e. The monoisotopic (exact) mass is 452 g/mol. The lowest BCUT2D eigenvalue weighted by molar-refractivity contribution is -0.118. The first-order valence-corrected chi connectivity index (χ1v) is 11.6. The van der Waals surface area contributed by atoms with E-state index < -0.39 is 11.2 Å². The maximum absolute atomic E-state index is 13.1. The summed E-state index contributed by atoms with van der Waals surface area (Å²) in [6.07, 6.45) is 1.82. The molecule has 0 fully saturated rings. The fraction of sp³-hybridized carbons (Fsp3) is 0.292. The molecule has 0 aliphatic heterocycles. The van der Waals surface area contributed by atoms with Crippen LogP contribution in [-0.4, -0.2) is 27.8 Å². The number of nitrogens with zero attached hydrogens (tertiary/aromatic N) is 2. The molecule has 1 heterocycles. The number of nitrogens with one attached hydrogen (secondary N) is 1. The van der Waals surface area contributed by atoms with Gasteiger partial charge in [-0.3, -0.25) is 19.1 Å². The molecule has 1 aromatic heterocycles. The number of carbonyl (C=O) groups is 1. The van der Waals surface area contributed by atoms with Gasteiger partial charge in [0.1, 0.15) is 5.82 Å². The van der Waals surface area contributed by atoms with Crippen LogP contribution in [0.1, 0.15) is 31.7 Å². The van der Waals surface area contributed by atoms with Crippen LogP contribution in [-0.2, 0) is 11.3 Å². The molecule has 0 aliphatic carbocycles. The third-order valence-electron chi connectivity index (χ3n) is 5.03. The van der Waals surface area contributed by atoms with Gasteiger partial charge in [0.2, 0.25) is 5.91 Å². The summed E-state index contributed by atoms with van der Waals surface area (Å²) in [5.41, 5.74) is 5.98. The van der Waals surface area contributed by atoms with Crippen LogP contribution in [0, 0.1) is 0 Å². The van der Waals surface area contributed by atoms with Crippen molar-refractivity contribution in [2.24, 2.45) is 0 Å². The van der Waals surface area contributed by atoms with Crippen molar-refractivity contribution in [1.82, 2.24) is 9.55 Å². The van der Waals surface area contributed by atoms with Crippen molar-refractivity contribution in [1.29, 1.82) is 0 Å². The molecule has 0 aliphatic rings. The molecule has 0 bridgehead atoms. The van der Waals surface area contributed by atoms with Gasteiger partial charge in [-0.05, 0) is 24.1 Å². The predicted octanol–water partition coefficient (Wildman–Crippen LogP) is 3.48. The van der Waals surface area contributed by atoms with Crippen molar-refractivity contribution in [3.8, 4) is 0 Å². The molecule has 0 saturated heterocycles. The first-order chi connectivity index (χ1) is 15.5. The molecule has 32 heavy (non-hydrogen) atoms. The molecule has 3 rings (SSSR count). The number of unbranched alkanes of at least 4 members (excludes halogenated alkanes) is 1. The number of hydrogen-bond donors (Lipinski definition) is 2. The molecule has 3 N–H and O–H groups in total. The quantitative estimate of drug-likeness (QED) is 0.459. The first-order valence-electron chi connectivity index (χ1n) is 10.7. The number of aromatic amines is 1. The second kappa shape index (κ2) is 11.4. The van der Waals surface area contributed by atoms with E-state index in [1.807, 2.05) is 67.6 Å². The second-order valence-corrected chi connectivity index (χ2v) is 8.54. The van der Waals surface area contributed by atoms with Gasteiger partial charge in [-0.1, -0.05) is 61.9 Å². The number of hydrogen-bond acceptors (Lipinski definition) is 5. The topological polar surface area (TPSA) is 101 Å². The number of anilines is 2. The van der Waals surface area contributed by atoms with E-state index in [2.05, 4.69) is 4.98 Å². The van der Waals surface area contributed by atoms with Crippen molar-refractivity contribution < 1.29 is 4.79 Å². The minimum absolute atomic E-state index is 0.00256. The van der Waals surface area contributed by atoms with Gasteiger partial charge in [0, 0.05) is 23.6 Å². The van der Waals surface area contributed by atoms with E-state index in [9.17, 15) is 14.4 Å². The van der Waals surface area contributed by atoms with Crippen LogP contribution in [0.2, 0.25) is 0 Å². The van der Waals surface area contributed by atoms with Crippen LogP contribution in [0.3, 0.4) is 0 Å². The number of aromatic nitrogens is 2. The van der Waals surface area contributed by atoms with Gasteiger partial charge in [-0.15, -0.1) is 11.8 Å². The smallest absolute Gasteiger partial charge is 0.330 e. The van der Waals surface area contributed by atoms with E-state index in [0.717, 1.165) is 16.9 Å². The van der Waals surface area contributed by atoms with E-state index in [-0.39, 0.29) is 30.4 Å². The molecule has 1 amide bonds. The molecule has 0 unspecified atom stereocenters. The summed E-state index contributed by atoms with van der Waals surface area (Å²) in [7, 11) is 0. The zero-order valence-corrected chi connectivity index (χ0v) is 18.9. The average molecular weight is 453 g/mol. The minimum Gasteiger partial charge on any atom is -0.383 e. The van der Waals surface area contributed by atoms with Crippen LogP contribution in [0.25, 0.3) is 0 Å². The third kappa shape index (κ3) is 5.91. The molecule has 0 atom stereocenters. The third-order valence-corrected chi connectivity index (χ3v) is 6.05. The lowest BCUT2D eigenvalue weighted by atomic mass is 10.2. The van der Waals surface area contributed by atoms with Crippen molar-refractivity contribution in [2.75, 3.05) is 22.9 Å². The Balaban J connectivity index is 1.87. The number of nitrogen functional groups attached to an aromatic ring is 1. The van der Waals surface area contributed by atoms with E-state index in [4.69, 9.17) is 5.73 Å². The molecule has 0 radical (unpaired) electrons. The molecule has 2 aromatic carbocycles. The summed E-state index contributed by atoms with van der Waals surface area (Å²) in [5.74, 6) is 0.388. The number of amides is 1. The summed E-state index contributed by atoms with van der Waals surface area (Å²) in [6.45, 7) is 2.58. The molecule has 3 aromatic rings. The molecule has 0 spiro atoms. The fourth-order valence-corrected chi connectivity index (χ4v) is 4.21. The lowest BCUT2D eigenvalue weighted by Gasteiger charge is -2.24. The van der Waals surface area contributed by atoms with E-state index >= 15 is 0 Å². The van der Waals surface area contributed by atoms with Crippen molar-refractivity contribution >= 4 is 29.2 Å². The SMILES string of the molecule is CCCCN(C(=O)CCSc1ccccc1)c1c(N)n(Cc2ccccc2)c(=O)[nH]c1=O. The Morgan fingerprint density at radius 3 is 2.38 bits per heavy atom. The molecule has 0 saturated carbocycles. The molecule has 7 nitrogen and oxygen atoms in total. The lowest BCUT2D eigenvalue weighted by Crippen LogP contribution is -2.41. The molecule has 168 valence electrons. The number of nitrogens with two attached hydrogens (primary N) is 1. The zero-order valence-electron chi connectivity index (χ0n) is 18.1. The van der Waals surface area contributed by atoms with E-state index in [1.54, 1.807) is 11.8 Å². The van der Waals surface area contributed by atoms with Gasteiger partial charge in [0.25, 0.3) is 5.56 Å². The van der Waals surface area contributed by atoms with Crippen LogP contribution in [0.4, 0.5) is 11.5 Å². The summed E-state index contributed by atoms with van der Waals surface area (Å²) in [4.78, 5) is 43.2. The van der Waals surface area contributed by atoms with Crippen LogP contribution in [0.5, 0.6) is 0 Å². The number of rotatable bonds is 10.